The molecule has 1 N–H and O–H groups in total. The number of anilines is 1. The summed E-state index contributed by atoms with van der Waals surface area (Å²) in [7, 11) is 1.65. The van der Waals surface area contributed by atoms with Gasteiger partial charge >= 0.3 is 0 Å². The number of fused-ring (bicyclic) bond motifs is 1. The highest BCUT2D eigenvalue weighted by molar-refractivity contribution is 6.33. The molecule has 0 spiro atoms. The highest BCUT2D eigenvalue weighted by Gasteiger charge is 2.27. The monoisotopic (exact) mass is 462 g/mol. The molecule has 1 unspecified atom stereocenters. The number of hydrogen-bond donors (Lipinski definition) is 1. The van der Waals surface area contributed by atoms with Gasteiger partial charge in [-0.1, -0.05) is 53.0 Å². The smallest absolute Gasteiger partial charge is 0.227 e. The van der Waals surface area contributed by atoms with E-state index in [2.05, 4.69) is 30.4 Å². The van der Waals surface area contributed by atoms with Crippen molar-refractivity contribution < 1.29 is 4.74 Å². The van der Waals surface area contributed by atoms with E-state index in [-0.39, 0.29) is 6.04 Å². The molecule has 1 aliphatic heterocycles. The molecule has 1 aromatic heterocycles. The molecule has 0 radical (unpaired) electrons. The molecule has 0 amide bonds. The second-order valence-electron chi connectivity index (χ2n) is 7.61. The molecule has 5 nitrogen and oxygen atoms in total. The summed E-state index contributed by atoms with van der Waals surface area (Å²) < 4.78 is 7.14. The number of nitrogens with zero attached hydrogens (tertiary/aromatic N) is 3. The minimum atomic E-state index is -0.277. The molecule has 4 aromatic rings. The molecule has 0 bridgehead atoms. The van der Waals surface area contributed by atoms with Gasteiger partial charge in [-0.25, -0.2) is 4.68 Å². The van der Waals surface area contributed by atoms with Gasteiger partial charge < -0.3 is 10.1 Å². The van der Waals surface area contributed by atoms with Gasteiger partial charge in [-0.3, -0.25) is 0 Å². The first-order chi connectivity index (χ1) is 15.5. The van der Waals surface area contributed by atoms with Crippen molar-refractivity contribution in [1.29, 1.82) is 0 Å². The van der Waals surface area contributed by atoms with Crippen molar-refractivity contribution in [2.45, 2.75) is 13.0 Å². The van der Waals surface area contributed by atoms with Gasteiger partial charge in [0.25, 0.3) is 0 Å². The number of ether oxygens (including phenoxy) is 1. The summed E-state index contributed by atoms with van der Waals surface area (Å²) >= 11 is 12.9. The van der Waals surface area contributed by atoms with Gasteiger partial charge in [-0.05, 0) is 61.0 Å². The van der Waals surface area contributed by atoms with Crippen LogP contribution < -0.4 is 10.1 Å². The van der Waals surface area contributed by atoms with Crippen molar-refractivity contribution in [2.24, 2.45) is 0 Å². The van der Waals surface area contributed by atoms with Crippen LogP contribution >= 0.6 is 23.2 Å². The third kappa shape index (κ3) is 3.85. The topological polar surface area (TPSA) is 52.0 Å². The van der Waals surface area contributed by atoms with Crippen LogP contribution in [0.3, 0.4) is 0 Å². The Bertz CT molecular complexity index is 1310. The third-order valence-electron chi connectivity index (χ3n) is 5.45. The Morgan fingerprint density at radius 1 is 0.938 bits per heavy atom. The molecule has 7 heteroatoms. The lowest BCUT2D eigenvalue weighted by molar-refractivity contribution is 0.415. The summed E-state index contributed by atoms with van der Waals surface area (Å²) in [5.41, 5.74) is 4.89. The number of methoxy groups -OCH3 is 1. The van der Waals surface area contributed by atoms with Gasteiger partial charge in [-0.2, -0.15) is 4.98 Å². The second kappa shape index (κ2) is 8.34. The van der Waals surface area contributed by atoms with Crippen LogP contribution in [0.15, 0.2) is 72.8 Å². The molecular formula is C25H20Cl2N4O. The predicted octanol–water partition coefficient (Wildman–Crippen LogP) is 6.62. The SMILES string of the molecule is COc1ccc(C2=CC(c3cc(Cl)ccc3Cl)n3nc(-c4ccc(C)cc4)nc3N2)cc1. The molecule has 2 heterocycles. The van der Waals surface area contributed by atoms with E-state index >= 15 is 0 Å². The number of aromatic nitrogens is 3. The zero-order chi connectivity index (χ0) is 22.2. The number of benzene rings is 3. The van der Waals surface area contributed by atoms with Gasteiger partial charge in [0.1, 0.15) is 11.8 Å². The molecule has 5 rings (SSSR count). The molecule has 0 saturated carbocycles. The first kappa shape index (κ1) is 20.6. The Balaban J connectivity index is 1.63. The quantitative estimate of drug-likeness (QED) is 0.369. The van der Waals surface area contributed by atoms with Crippen molar-refractivity contribution in [3.8, 4) is 17.1 Å². The fourth-order valence-electron chi connectivity index (χ4n) is 3.72. The summed E-state index contributed by atoms with van der Waals surface area (Å²) in [5, 5.41) is 9.46. The van der Waals surface area contributed by atoms with Crippen LogP contribution in [0.4, 0.5) is 5.95 Å². The van der Waals surface area contributed by atoms with Crippen LogP contribution in [0.25, 0.3) is 17.1 Å². The number of rotatable bonds is 4. The number of halogens is 2. The largest absolute Gasteiger partial charge is 0.497 e. The molecular weight excluding hydrogens is 443 g/mol. The van der Waals surface area contributed by atoms with Crippen molar-refractivity contribution in [3.05, 3.63) is 99.5 Å². The maximum atomic E-state index is 6.58. The van der Waals surface area contributed by atoms with E-state index in [1.54, 1.807) is 19.2 Å². The van der Waals surface area contributed by atoms with E-state index in [1.807, 2.05) is 47.1 Å². The van der Waals surface area contributed by atoms with E-state index in [0.717, 1.165) is 28.1 Å². The molecule has 160 valence electrons. The minimum absolute atomic E-state index is 0.277. The van der Waals surface area contributed by atoms with E-state index < -0.39 is 0 Å². The van der Waals surface area contributed by atoms with Crippen LogP contribution in [-0.2, 0) is 0 Å². The van der Waals surface area contributed by atoms with Gasteiger partial charge in [0.2, 0.25) is 5.95 Å². The lowest BCUT2D eigenvalue weighted by Crippen LogP contribution is -2.20. The molecule has 1 aliphatic rings. The first-order valence-electron chi connectivity index (χ1n) is 10.1. The molecule has 32 heavy (non-hydrogen) atoms. The second-order valence-corrected chi connectivity index (χ2v) is 8.46. The van der Waals surface area contributed by atoms with Crippen molar-refractivity contribution in [1.82, 2.24) is 14.8 Å². The van der Waals surface area contributed by atoms with Crippen LogP contribution in [-0.4, -0.2) is 21.9 Å². The number of allylic oxidation sites excluding steroid dienone is 1. The minimum Gasteiger partial charge on any atom is -0.497 e. The highest BCUT2D eigenvalue weighted by Crippen LogP contribution is 2.37. The zero-order valence-electron chi connectivity index (χ0n) is 17.5. The Morgan fingerprint density at radius 2 is 1.66 bits per heavy atom. The lowest BCUT2D eigenvalue weighted by Gasteiger charge is -2.25. The van der Waals surface area contributed by atoms with Crippen LogP contribution in [0.1, 0.15) is 22.7 Å². The Kier molecular flexibility index (Phi) is 5.37. The lowest BCUT2D eigenvalue weighted by atomic mass is 10.0. The van der Waals surface area contributed by atoms with Crippen molar-refractivity contribution in [2.75, 3.05) is 12.4 Å². The number of hydrogen-bond acceptors (Lipinski definition) is 4. The van der Waals surface area contributed by atoms with E-state index in [9.17, 15) is 0 Å². The highest BCUT2D eigenvalue weighted by atomic mass is 35.5. The molecule has 0 fully saturated rings. The molecule has 0 saturated heterocycles. The average molecular weight is 463 g/mol. The fraction of sp³-hybridized carbons (Fsp3) is 0.120. The van der Waals surface area contributed by atoms with Crippen molar-refractivity contribution in [3.63, 3.8) is 0 Å². The van der Waals surface area contributed by atoms with E-state index in [4.69, 9.17) is 38.0 Å². The summed E-state index contributed by atoms with van der Waals surface area (Å²) in [6, 6.07) is 21.2. The van der Waals surface area contributed by atoms with Crippen molar-refractivity contribution >= 4 is 34.8 Å². The standard InChI is InChI=1S/C25H20Cl2N4O/c1-15-3-5-17(6-4-15)24-29-25-28-22(16-7-10-19(32-2)11-8-16)14-23(31(25)30-24)20-13-18(26)9-12-21(20)27/h3-14,23H,1-2H3,(H,28,29,30). The predicted molar refractivity (Wildman–Crippen MR) is 129 cm³/mol. The van der Waals surface area contributed by atoms with Crippen LogP contribution in [0.5, 0.6) is 5.75 Å². The van der Waals surface area contributed by atoms with Gasteiger partial charge in [-0.15, -0.1) is 5.10 Å². The summed E-state index contributed by atoms with van der Waals surface area (Å²) in [4.78, 5) is 4.79. The molecule has 1 atom stereocenters. The molecule has 0 aliphatic carbocycles. The van der Waals surface area contributed by atoms with E-state index in [0.29, 0.717) is 21.8 Å². The number of nitrogens with one attached hydrogen (secondary N) is 1. The fourth-order valence-corrected chi connectivity index (χ4v) is 4.13. The number of aryl methyl sites for hydroxylation is 1. The summed E-state index contributed by atoms with van der Waals surface area (Å²) in [6.45, 7) is 2.05. The third-order valence-corrected chi connectivity index (χ3v) is 6.03. The average Bonchev–Trinajstić information content (AvgIpc) is 3.25. The van der Waals surface area contributed by atoms with Crippen LogP contribution in [0.2, 0.25) is 10.0 Å². The maximum Gasteiger partial charge on any atom is 0.227 e. The summed E-state index contributed by atoms with van der Waals surface area (Å²) in [5.74, 6) is 2.07. The Morgan fingerprint density at radius 3 is 2.38 bits per heavy atom. The van der Waals surface area contributed by atoms with E-state index in [1.165, 1.54) is 5.56 Å². The Labute approximate surface area is 196 Å². The Hall–Kier alpha value is -3.28. The maximum absolute atomic E-state index is 6.58. The molecule has 3 aromatic carbocycles. The first-order valence-corrected chi connectivity index (χ1v) is 10.9. The summed E-state index contributed by atoms with van der Waals surface area (Å²) in [6.07, 6.45) is 2.08. The van der Waals surface area contributed by atoms with Gasteiger partial charge in [0.15, 0.2) is 5.82 Å². The normalized spacial score (nSPS) is 15.0. The van der Waals surface area contributed by atoms with Gasteiger partial charge in [0.05, 0.1) is 7.11 Å². The van der Waals surface area contributed by atoms with Gasteiger partial charge in [0, 0.05) is 26.9 Å². The van der Waals surface area contributed by atoms with Crippen LogP contribution in [0, 0.1) is 6.92 Å². The zero-order valence-corrected chi connectivity index (χ0v) is 19.0.